The molecule has 0 radical (unpaired) electrons. The predicted molar refractivity (Wildman–Crippen MR) is 64.8 cm³/mol. The van der Waals surface area contributed by atoms with Gasteiger partial charge in [-0.3, -0.25) is 10.1 Å². The average Bonchev–Trinajstić information content (AvgIpc) is 2.35. The number of likely N-dealkylation sites (N-methyl/N-ethyl adjacent to an activating group) is 1. The third-order valence-electron chi connectivity index (χ3n) is 2.42. The molecule has 0 aliphatic rings. The summed E-state index contributed by atoms with van der Waals surface area (Å²) < 4.78 is 0. The van der Waals surface area contributed by atoms with E-state index >= 15 is 0 Å². The molecule has 90 valence electrons. The molecule has 0 amide bonds. The maximum Gasteiger partial charge on any atom is 0.289 e. The Bertz CT molecular complexity index is 453. The molecule has 0 heterocycles. The Hall–Kier alpha value is -2.13. The van der Waals surface area contributed by atoms with Gasteiger partial charge in [0, 0.05) is 24.3 Å². The minimum absolute atomic E-state index is 0.0715. The maximum absolute atomic E-state index is 10.7. The second kappa shape index (κ2) is 5.82. The molecule has 0 aliphatic heterocycles. The van der Waals surface area contributed by atoms with Crippen LogP contribution in [0, 0.1) is 21.4 Å². The quantitative estimate of drug-likeness (QED) is 0.595. The van der Waals surface area contributed by atoms with Gasteiger partial charge in [-0.1, -0.05) is 0 Å². The lowest BCUT2D eigenvalue weighted by molar-refractivity contribution is -0.385. The van der Waals surface area contributed by atoms with Crippen molar-refractivity contribution in [1.29, 1.82) is 5.26 Å². The first-order chi connectivity index (χ1) is 8.08. The van der Waals surface area contributed by atoms with Crippen molar-refractivity contribution >= 4 is 11.4 Å². The van der Waals surface area contributed by atoms with Crippen LogP contribution in [0.3, 0.4) is 0 Å². The fourth-order valence-corrected chi connectivity index (χ4v) is 1.26. The number of rotatable bonds is 5. The van der Waals surface area contributed by atoms with E-state index in [4.69, 9.17) is 5.26 Å². The van der Waals surface area contributed by atoms with Crippen LogP contribution < -0.4 is 10.6 Å². The molecule has 1 rings (SSSR count). The van der Waals surface area contributed by atoms with E-state index in [1.54, 1.807) is 12.1 Å². The van der Waals surface area contributed by atoms with Crippen LogP contribution in [0.2, 0.25) is 0 Å². The smallest absolute Gasteiger partial charge is 0.289 e. The number of anilines is 1. The molecular weight excluding hydrogens is 220 g/mol. The number of nitro groups is 1. The van der Waals surface area contributed by atoms with Crippen LogP contribution in [0.4, 0.5) is 11.4 Å². The number of nitrogens with one attached hydrogen (secondary N) is 2. The standard InChI is InChI=1S/C11H14N4O2/c1-8(13-2)7-14-10-4-3-9(6-12)11(5-10)15(16)17/h3-5,8,13-14H,7H2,1-2H3. The number of nitriles is 1. The summed E-state index contributed by atoms with van der Waals surface area (Å²) in [6, 6.07) is 6.54. The summed E-state index contributed by atoms with van der Waals surface area (Å²) in [5.41, 5.74) is 0.537. The first-order valence-electron chi connectivity index (χ1n) is 5.18. The molecule has 1 aromatic rings. The van der Waals surface area contributed by atoms with Crippen molar-refractivity contribution in [2.45, 2.75) is 13.0 Å². The lowest BCUT2D eigenvalue weighted by Gasteiger charge is -2.12. The molecule has 6 heteroatoms. The molecule has 0 saturated heterocycles. The van der Waals surface area contributed by atoms with Crippen LogP contribution in [-0.2, 0) is 0 Å². The Morgan fingerprint density at radius 1 is 1.59 bits per heavy atom. The van der Waals surface area contributed by atoms with Gasteiger partial charge in [-0.05, 0) is 26.1 Å². The molecule has 0 aliphatic carbocycles. The summed E-state index contributed by atoms with van der Waals surface area (Å²) in [7, 11) is 1.84. The van der Waals surface area contributed by atoms with Crippen LogP contribution >= 0.6 is 0 Å². The van der Waals surface area contributed by atoms with Gasteiger partial charge in [0.1, 0.15) is 11.6 Å². The van der Waals surface area contributed by atoms with E-state index < -0.39 is 4.92 Å². The molecule has 17 heavy (non-hydrogen) atoms. The monoisotopic (exact) mass is 234 g/mol. The zero-order chi connectivity index (χ0) is 12.8. The first kappa shape index (κ1) is 12.9. The van der Waals surface area contributed by atoms with Crippen LogP contribution in [-0.4, -0.2) is 24.6 Å². The molecule has 6 nitrogen and oxygen atoms in total. The van der Waals surface area contributed by atoms with Crippen molar-refractivity contribution in [2.24, 2.45) is 0 Å². The SMILES string of the molecule is CNC(C)CNc1ccc(C#N)c([N+](=O)[O-])c1. The summed E-state index contributed by atoms with van der Waals surface area (Å²) in [6.45, 7) is 2.64. The molecular formula is C11H14N4O2. The van der Waals surface area contributed by atoms with Crippen LogP contribution in [0.25, 0.3) is 0 Å². The van der Waals surface area contributed by atoms with E-state index in [2.05, 4.69) is 10.6 Å². The molecule has 0 spiro atoms. The van der Waals surface area contributed by atoms with Gasteiger partial charge in [-0.15, -0.1) is 0 Å². The van der Waals surface area contributed by atoms with Gasteiger partial charge >= 0.3 is 0 Å². The van der Waals surface area contributed by atoms with Crippen molar-refractivity contribution < 1.29 is 4.92 Å². The highest BCUT2D eigenvalue weighted by atomic mass is 16.6. The Labute approximate surface area is 99.4 Å². The highest BCUT2D eigenvalue weighted by Gasteiger charge is 2.14. The van der Waals surface area contributed by atoms with Crippen molar-refractivity contribution in [3.63, 3.8) is 0 Å². The average molecular weight is 234 g/mol. The number of hydrogen-bond acceptors (Lipinski definition) is 5. The van der Waals surface area contributed by atoms with Crippen LogP contribution in [0.1, 0.15) is 12.5 Å². The van der Waals surface area contributed by atoms with Gasteiger partial charge in [0.15, 0.2) is 0 Å². The lowest BCUT2D eigenvalue weighted by Crippen LogP contribution is -2.29. The molecule has 0 saturated carbocycles. The molecule has 0 fully saturated rings. The fraction of sp³-hybridized carbons (Fsp3) is 0.364. The number of benzene rings is 1. The van der Waals surface area contributed by atoms with E-state index in [1.165, 1.54) is 12.1 Å². The van der Waals surface area contributed by atoms with Gasteiger partial charge in [-0.25, -0.2) is 0 Å². The Morgan fingerprint density at radius 2 is 2.29 bits per heavy atom. The van der Waals surface area contributed by atoms with E-state index in [9.17, 15) is 10.1 Å². The molecule has 0 aromatic heterocycles. The summed E-state index contributed by atoms with van der Waals surface area (Å²) >= 11 is 0. The summed E-state index contributed by atoms with van der Waals surface area (Å²) in [4.78, 5) is 10.2. The minimum Gasteiger partial charge on any atom is -0.383 e. The van der Waals surface area contributed by atoms with Crippen LogP contribution in [0.5, 0.6) is 0 Å². The lowest BCUT2D eigenvalue weighted by atomic mass is 10.1. The second-order valence-corrected chi connectivity index (χ2v) is 3.67. The van der Waals surface area contributed by atoms with E-state index in [1.807, 2.05) is 14.0 Å². The van der Waals surface area contributed by atoms with Gasteiger partial charge < -0.3 is 10.6 Å². The van der Waals surface area contributed by atoms with Crippen molar-refractivity contribution in [2.75, 3.05) is 18.9 Å². The zero-order valence-corrected chi connectivity index (χ0v) is 9.73. The third kappa shape index (κ3) is 3.43. The summed E-state index contributed by atoms with van der Waals surface area (Å²) in [6.07, 6.45) is 0. The van der Waals surface area contributed by atoms with Crippen molar-refractivity contribution in [3.8, 4) is 6.07 Å². The molecule has 1 atom stereocenters. The van der Waals surface area contributed by atoms with E-state index in [-0.39, 0.29) is 17.3 Å². The number of nitrogens with zero attached hydrogens (tertiary/aromatic N) is 2. The normalized spacial score (nSPS) is 11.6. The maximum atomic E-state index is 10.7. The van der Waals surface area contributed by atoms with Gasteiger partial charge in [0.05, 0.1) is 4.92 Å². The van der Waals surface area contributed by atoms with Gasteiger partial charge in [-0.2, -0.15) is 5.26 Å². The molecule has 1 aromatic carbocycles. The largest absolute Gasteiger partial charge is 0.383 e. The Kier molecular flexibility index (Phi) is 4.43. The van der Waals surface area contributed by atoms with Gasteiger partial charge in [0.2, 0.25) is 0 Å². The summed E-state index contributed by atoms with van der Waals surface area (Å²) in [5.74, 6) is 0. The van der Waals surface area contributed by atoms with Crippen molar-refractivity contribution in [1.82, 2.24) is 5.32 Å². The molecule has 1 unspecified atom stereocenters. The summed E-state index contributed by atoms with van der Waals surface area (Å²) in [5, 5.41) is 25.6. The molecule has 0 bridgehead atoms. The third-order valence-corrected chi connectivity index (χ3v) is 2.42. The topological polar surface area (TPSA) is 91.0 Å². The number of hydrogen-bond donors (Lipinski definition) is 2. The second-order valence-electron chi connectivity index (χ2n) is 3.67. The molecule has 2 N–H and O–H groups in total. The predicted octanol–water partition coefficient (Wildman–Crippen LogP) is 1.49. The van der Waals surface area contributed by atoms with E-state index in [0.717, 1.165) is 0 Å². The minimum atomic E-state index is -0.550. The highest BCUT2D eigenvalue weighted by Crippen LogP contribution is 2.22. The van der Waals surface area contributed by atoms with E-state index in [0.29, 0.717) is 12.2 Å². The highest BCUT2D eigenvalue weighted by molar-refractivity contribution is 5.59. The van der Waals surface area contributed by atoms with Crippen molar-refractivity contribution in [3.05, 3.63) is 33.9 Å². The zero-order valence-electron chi connectivity index (χ0n) is 9.73. The Balaban J connectivity index is 2.86. The van der Waals surface area contributed by atoms with Crippen LogP contribution in [0.15, 0.2) is 18.2 Å². The first-order valence-corrected chi connectivity index (χ1v) is 5.18. The fourth-order valence-electron chi connectivity index (χ4n) is 1.26. The Morgan fingerprint density at radius 3 is 2.82 bits per heavy atom. The number of nitro benzene ring substituents is 1. The van der Waals surface area contributed by atoms with Gasteiger partial charge in [0.25, 0.3) is 5.69 Å².